The predicted molar refractivity (Wildman–Crippen MR) is 77.2 cm³/mol. The lowest BCUT2D eigenvalue weighted by Crippen LogP contribution is -1.86. The average molecular weight is 263 g/mol. The van der Waals surface area contributed by atoms with Crippen molar-refractivity contribution in [1.82, 2.24) is 20.2 Å². The molecular formula is C15H13N5. The lowest BCUT2D eigenvalue weighted by Gasteiger charge is -1.95. The average Bonchev–Trinajstić information content (AvgIpc) is 2.97. The summed E-state index contributed by atoms with van der Waals surface area (Å²) in [5.74, 6) is 1.17. The first-order chi connectivity index (χ1) is 9.74. The minimum atomic E-state index is 0.355. The Kier molecular flexibility index (Phi) is 4.20. The largest absolute Gasteiger partial charge is 0.265 e. The van der Waals surface area contributed by atoms with Gasteiger partial charge in [-0.2, -0.15) is 10.4 Å². The Morgan fingerprint density at radius 2 is 2.15 bits per heavy atom. The fourth-order valence-corrected chi connectivity index (χ4v) is 1.62. The van der Waals surface area contributed by atoms with Gasteiger partial charge in [0.15, 0.2) is 11.6 Å². The standard InChI is InChI=1S/C15H13N5/c1-3-4-13(9-11(2)10-16)15-18-14(19-20-15)12-5-7-17-8-6-12/h3-9H,2H2,1H3,(H,18,19,20)/b4-3-,13-9+. The molecule has 98 valence electrons. The second kappa shape index (κ2) is 6.25. The zero-order valence-corrected chi connectivity index (χ0v) is 11.0. The van der Waals surface area contributed by atoms with Crippen molar-refractivity contribution in [2.24, 2.45) is 0 Å². The molecule has 2 aromatic heterocycles. The van der Waals surface area contributed by atoms with E-state index in [1.807, 2.05) is 37.3 Å². The molecule has 1 N–H and O–H groups in total. The maximum Gasteiger partial charge on any atom is 0.181 e. The molecule has 0 saturated carbocycles. The molecule has 20 heavy (non-hydrogen) atoms. The Balaban J connectivity index is 2.38. The summed E-state index contributed by atoms with van der Waals surface area (Å²) in [6.07, 6.45) is 8.73. The molecule has 0 aliphatic carbocycles. The summed E-state index contributed by atoms with van der Waals surface area (Å²) in [5, 5.41) is 15.9. The van der Waals surface area contributed by atoms with Crippen LogP contribution in [0.25, 0.3) is 17.0 Å². The van der Waals surface area contributed by atoms with Gasteiger partial charge >= 0.3 is 0 Å². The van der Waals surface area contributed by atoms with Gasteiger partial charge in [0.1, 0.15) is 0 Å². The van der Waals surface area contributed by atoms with Crippen LogP contribution in [0.5, 0.6) is 0 Å². The van der Waals surface area contributed by atoms with Crippen LogP contribution in [0.2, 0.25) is 0 Å². The Morgan fingerprint density at radius 3 is 2.80 bits per heavy atom. The van der Waals surface area contributed by atoms with Crippen LogP contribution in [0.3, 0.4) is 0 Å². The van der Waals surface area contributed by atoms with Crippen LogP contribution in [0.1, 0.15) is 12.7 Å². The van der Waals surface area contributed by atoms with E-state index in [0.29, 0.717) is 17.2 Å². The number of pyridine rings is 1. The third-order valence-corrected chi connectivity index (χ3v) is 2.52. The van der Waals surface area contributed by atoms with Crippen LogP contribution >= 0.6 is 0 Å². The van der Waals surface area contributed by atoms with Gasteiger partial charge in [0.05, 0.1) is 6.07 Å². The number of aromatic amines is 1. The van der Waals surface area contributed by atoms with Crippen molar-refractivity contribution < 1.29 is 0 Å². The van der Waals surface area contributed by atoms with Gasteiger partial charge in [0.2, 0.25) is 0 Å². The monoisotopic (exact) mass is 263 g/mol. The van der Waals surface area contributed by atoms with Crippen molar-refractivity contribution in [2.75, 3.05) is 0 Å². The van der Waals surface area contributed by atoms with E-state index >= 15 is 0 Å². The van der Waals surface area contributed by atoms with E-state index in [9.17, 15) is 0 Å². The molecule has 0 aliphatic rings. The van der Waals surface area contributed by atoms with Crippen molar-refractivity contribution in [3.05, 3.63) is 60.7 Å². The summed E-state index contributed by atoms with van der Waals surface area (Å²) in [7, 11) is 0. The summed E-state index contributed by atoms with van der Waals surface area (Å²) >= 11 is 0. The topological polar surface area (TPSA) is 78.2 Å². The molecule has 0 atom stereocenters. The number of hydrogen-bond acceptors (Lipinski definition) is 4. The van der Waals surface area contributed by atoms with Gasteiger partial charge in [0.25, 0.3) is 0 Å². The van der Waals surface area contributed by atoms with Crippen LogP contribution in [-0.4, -0.2) is 20.2 Å². The highest BCUT2D eigenvalue weighted by molar-refractivity contribution is 5.73. The Morgan fingerprint density at radius 1 is 1.40 bits per heavy atom. The molecule has 0 unspecified atom stereocenters. The first kappa shape index (κ1) is 13.4. The van der Waals surface area contributed by atoms with E-state index in [4.69, 9.17) is 5.26 Å². The number of H-pyrrole nitrogens is 1. The van der Waals surface area contributed by atoms with Crippen LogP contribution in [0.15, 0.2) is 54.9 Å². The maximum atomic E-state index is 8.81. The molecule has 0 saturated heterocycles. The number of hydrogen-bond donors (Lipinski definition) is 1. The summed E-state index contributed by atoms with van der Waals surface area (Å²) in [6, 6.07) is 5.67. The minimum Gasteiger partial charge on any atom is -0.265 e. The van der Waals surface area contributed by atoms with E-state index in [2.05, 4.69) is 26.7 Å². The van der Waals surface area contributed by atoms with Gasteiger partial charge in [-0.05, 0) is 25.1 Å². The second-order valence-electron chi connectivity index (χ2n) is 3.98. The van der Waals surface area contributed by atoms with Crippen molar-refractivity contribution >= 4 is 5.57 Å². The minimum absolute atomic E-state index is 0.355. The predicted octanol–water partition coefficient (Wildman–Crippen LogP) is 2.91. The number of allylic oxidation sites excluding steroid dienone is 5. The molecule has 0 fully saturated rings. The molecule has 5 nitrogen and oxygen atoms in total. The Hall–Kier alpha value is -3.00. The quantitative estimate of drug-likeness (QED) is 0.679. The SMILES string of the molecule is C=C(C#N)/C=C(\C=C/C)c1n[nH]c(-c2ccncc2)n1. The molecule has 2 aromatic rings. The molecule has 0 aliphatic heterocycles. The molecule has 2 heterocycles. The summed E-state index contributed by atoms with van der Waals surface area (Å²) in [6.45, 7) is 5.53. The van der Waals surface area contributed by atoms with Gasteiger partial charge in [0, 0.05) is 29.1 Å². The number of nitrogens with one attached hydrogen (secondary N) is 1. The second-order valence-corrected chi connectivity index (χ2v) is 3.98. The lowest BCUT2D eigenvalue weighted by molar-refractivity contribution is 1.08. The number of aromatic nitrogens is 4. The molecule has 0 aromatic carbocycles. The molecule has 0 bridgehead atoms. The normalized spacial score (nSPS) is 11.5. The molecule has 0 radical (unpaired) electrons. The fourth-order valence-electron chi connectivity index (χ4n) is 1.62. The van der Waals surface area contributed by atoms with E-state index in [0.717, 1.165) is 11.1 Å². The van der Waals surface area contributed by atoms with E-state index < -0.39 is 0 Å². The number of nitrogens with zero attached hydrogens (tertiary/aromatic N) is 4. The summed E-state index contributed by atoms with van der Waals surface area (Å²) in [4.78, 5) is 8.38. The van der Waals surface area contributed by atoms with Crippen molar-refractivity contribution in [3.8, 4) is 17.5 Å². The molecule has 0 amide bonds. The molecule has 0 spiro atoms. The summed E-state index contributed by atoms with van der Waals surface area (Å²) < 4.78 is 0. The highest BCUT2D eigenvalue weighted by atomic mass is 15.2. The highest BCUT2D eigenvalue weighted by Crippen LogP contribution is 2.18. The highest BCUT2D eigenvalue weighted by Gasteiger charge is 2.08. The van der Waals surface area contributed by atoms with Gasteiger partial charge in [-0.3, -0.25) is 10.1 Å². The first-order valence-electron chi connectivity index (χ1n) is 6.01. The van der Waals surface area contributed by atoms with E-state index in [1.165, 1.54) is 0 Å². The van der Waals surface area contributed by atoms with Crippen LogP contribution in [-0.2, 0) is 0 Å². The van der Waals surface area contributed by atoms with Crippen molar-refractivity contribution in [2.45, 2.75) is 6.92 Å². The molecule has 5 heteroatoms. The zero-order chi connectivity index (χ0) is 14.4. The van der Waals surface area contributed by atoms with E-state index in [1.54, 1.807) is 18.5 Å². The van der Waals surface area contributed by atoms with Crippen molar-refractivity contribution in [1.29, 1.82) is 5.26 Å². The van der Waals surface area contributed by atoms with Gasteiger partial charge < -0.3 is 0 Å². The fraction of sp³-hybridized carbons (Fsp3) is 0.0667. The summed E-state index contributed by atoms with van der Waals surface area (Å²) in [5.41, 5.74) is 1.99. The Labute approximate surface area is 117 Å². The molecule has 2 rings (SSSR count). The molecular weight excluding hydrogens is 250 g/mol. The van der Waals surface area contributed by atoms with Crippen LogP contribution in [0.4, 0.5) is 0 Å². The van der Waals surface area contributed by atoms with E-state index in [-0.39, 0.29) is 0 Å². The Bertz CT molecular complexity index is 701. The van der Waals surface area contributed by atoms with Crippen LogP contribution in [0, 0.1) is 11.3 Å². The van der Waals surface area contributed by atoms with Crippen LogP contribution < -0.4 is 0 Å². The number of rotatable bonds is 4. The third kappa shape index (κ3) is 3.06. The van der Waals surface area contributed by atoms with Gasteiger partial charge in [-0.1, -0.05) is 18.7 Å². The zero-order valence-electron chi connectivity index (χ0n) is 11.0. The van der Waals surface area contributed by atoms with Crippen molar-refractivity contribution in [3.63, 3.8) is 0 Å². The maximum absolute atomic E-state index is 8.81. The smallest absolute Gasteiger partial charge is 0.181 e. The van der Waals surface area contributed by atoms with Gasteiger partial charge in [-0.25, -0.2) is 4.98 Å². The van der Waals surface area contributed by atoms with Gasteiger partial charge in [-0.15, -0.1) is 0 Å². The number of nitriles is 1. The first-order valence-corrected chi connectivity index (χ1v) is 6.01. The third-order valence-electron chi connectivity index (χ3n) is 2.52. The lowest BCUT2D eigenvalue weighted by atomic mass is 10.1.